The van der Waals surface area contributed by atoms with Crippen molar-refractivity contribution in [1.82, 2.24) is 5.32 Å². The molecule has 1 aliphatic heterocycles. The Balaban J connectivity index is 1.86. The molecule has 124 valence electrons. The van der Waals surface area contributed by atoms with Crippen molar-refractivity contribution in [2.24, 2.45) is 0 Å². The highest BCUT2D eigenvalue weighted by atomic mass is 19.1. The first-order chi connectivity index (χ1) is 11.7. The summed E-state index contributed by atoms with van der Waals surface area (Å²) in [6.07, 6.45) is 2.85. The summed E-state index contributed by atoms with van der Waals surface area (Å²) in [4.78, 5) is 0. The zero-order chi connectivity index (χ0) is 16.9. The van der Waals surface area contributed by atoms with Gasteiger partial charge in [-0.15, -0.1) is 0 Å². The number of fused-ring (bicyclic) bond motifs is 1. The third-order valence-corrected chi connectivity index (χ3v) is 4.46. The quantitative estimate of drug-likeness (QED) is 0.808. The minimum absolute atomic E-state index is 0.0137. The lowest BCUT2D eigenvalue weighted by molar-refractivity contribution is 0.0271. The van der Waals surface area contributed by atoms with E-state index in [1.165, 1.54) is 12.1 Å². The van der Waals surface area contributed by atoms with Gasteiger partial charge in [0.25, 0.3) is 0 Å². The lowest BCUT2D eigenvalue weighted by Crippen LogP contribution is -2.08. The van der Waals surface area contributed by atoms with Crippen molar-refractivity contribution >= 4 is 0 Å². The first-order valence-corrected chi connectivity index (χ1v) is 8.32. The second kappa shape index (κ2) is 7.57. The number of rotatable bonds is 6. The summed E-state index contributed by atoms with van der Waals surface area (Å²) in [5, 5.41) is 12.3. The van der Waals surface area contributed by atoms with Gasteiger partial charge in [0.1, 0.15) is 11.9 Å². The molecular formula is C20H21FN2O. The van der Waals surface area contributed by atoms with E-state index in [0.717, 1.165) is 42.5 Å². The Kier molecular flexibility index (Phi) is 5.24. The van der Waals surface area contributed by atoms with Crippen LogP contribution >= 0.6 is 0 Å². The van der Waals surface area contributed by atoms with Gasteiger partial charge in [0.2, 0.25) is 0 Å². The number of unbranched alkanes of at least 4 members (excludes halogenated alkanes) is 1. The van der Waals surface area contributed by atoms with Crippen molar-refractivity contribution in [3.05, 3.63) is 70.5 Å². The van der Waals surface area contributed by atoms with Crippen LogP contribution in [0.4, 0.5) is 4.39 Å². The maximum atomic E-state index is 13.2. The van der Waals surface area contributed by atoms with Crippen molar-refractivity contribution in [3.8, 4) is 6.07 Å². The van der Waals surface area contributed by atoms with E-state index in [9.17, 15) is 9.65 Å². The molecule has 3 rings (SSSR count). The Morgan fingerprint density at radius 2 is 1.92 bits per heavy atom. The maximum absolute atomic E-state index is 13.2. The molecule has 3 nitrogen and oxygen atoms in total. The first-order valence-electron chi connectivity index (χ1n) is 8.32. The van der Waals surface area contributed by atoms with Crippen molar-refractivity contribution < 1.29 is 9.13 Å². The van der Waals surface area contributed by atoms with Gasteiger partial charge in [-0.1, -0.05) is 18.2 Å². The molecule has 0 bridgehead atoms. The lowest BCUT2D eigenvalue weighted by Gasteiger charge is -2.15. The maximum Gasteiger partial charge on any atom is 0.123 e. The smallest absolute Gasteiger partial charge is 0.123 e. The average molecular weight is 324 g/mol. The number of benzene rings is 2. The monoisotopic (exact) mass is 324 g/mol. The predicted molar refractivity (Wildman–Crippen MR) is 91.0 cm³/mol. The second-order valence-electron chi connectivity index (χ2n) is 6.11. The van der Waals surface area contributed by atoms with E-state index in [1.807, 2.05) is 25.2 Å². The van der Waals surface area contributed by atoms with Crippen LogP contribution in [0.15, 0.2) is 42.5 Å². The van der Waals surface area contributed by atoms with Crippen molar-refractivity contribution in [2.75, 3.05) is 13.6 Å². The number of hydrogen-bond acceptors (Lipinski definition) is 3. The molecule has 0 fully saturated rings. The topological polar surface area (TPSA) is 45.0 Å². The zero-order valence-electron chi connectivity index (χ0n) is 13.8. The highest BCUT2D eigenvalue weighted by molar-refractivity contribution is 5.45. The SMILES string of the molecule is CNCCCCC1OC(c2ccc(F)cc2)c2ccc(C#N)cc21. The van der Waals surface area contributed by atoms with Crippen LogP contribution in [0, 0.1) is 17.1 Å². The molecule has 2 aromatic rings. The van der Waals surface area contributed by atoms with Gasteiger partial charge in [-0.2, -0.15) is 5.26 Å². The number of nitrogens with one attached hydrogen (secondary N) is 1. The molecule has 24 heavy (non-hydrogen) atoms. The number of halogens is 1. The van der Waals surface area contributed by atoms with Crippen molar-refractivity contribution in [1.29, 1.82) is 5.26 Å². The molecule has 0 spiro atoms. The molecule has 2 unspecified atom stereocenters. The number of ether oxygens (including phenoxy) is 1. The van der Waals surface area contributed by atoms with Gasteiger partial charge in [-0.05, 0) is 73.8 Å². The molecule has 0 aromatic heterocycles. The highest BCUT2D eigenvalue weighted by Gasteiger charge is 2.32. The number of nitriles is 1. The van der Waals surface area contributed by atoms with Crippen LogP contribution in [0.5, 0.6) is 0 Å². The van der Waals surface area contributed by atoms with E-state index in [2.05, 4.69) is 11.4 Å². The van der Waals surface area contributed by atoms with Crippen LogP contribution in [0.1, 0.15) is 53.7 Å². The van der Waals surface area contributed by atoms with E-state index in [-0.39, 0.29) is 18.0 Å². The molecule has 1 heterocycles. The molecule has 0 saturated carbocycles. The van der Waals surface area contributed by atoms with Gasteiger partial charge in [0, 0.05) is 0 Å². The minimum Gasteiger partial charge on any atom is -0.361 e. The summed E-state index contributed by atoms with van der Waals surface area (Å²) in [7, 11) is 1.95. The molecule has 0 radical (unpaired) electrons. The van der Waals surface area contributed by atoms with E-state index in [4.69, 9.17) is 4.74 Å². The Bertz CT molecular complexity index is 736. The summed E-state index contributed by atoms with van der Waals surface area (Å²) >= 11 is 0. The molecule has 0 amide bonds. The molecular weight excluding hydrogens is 303 g/mol. The molecule has 0 saturated heterocycles. The normalized spacial score (nSPS) is 19.0. The van der Waals surface area contributed by atoms with Gasteiger partial charge in [0.05, 0.1) is 17.7 Å². The Morgan fingerprint density at radius 1 is 1.12 bits per heavy atom. The van der Waals surface area contributed by atoms with Gasteiger partial charge in [-0.25, -0.2) is 4.39 Å². The molecule has 2 aromatic carbocycles. The molecule has 4 heteroatoms. The van der Waals surface area contributed by atoms with Gasteiger partial charge < -0.3 is 10.1 Å². The average Bonchev–Trinajstić information content (AvgIpc) is 2.97. The van der Waals surface area contributed by atoms with E-state index >= 15 is 0 Å². The van der Waals surface area contributed by atoms with Crippen LogP contribution < -0.4 is 5.32 Å². The van der Waals surface area contributed by atoms with Crippen LogP contribution in [0.3, 0.4) is 0 Å². The Morgan fingerprint density at radius 3 is 2.62 bits per heavy atom. The minimum atomic E-state index is -0.250. The van der Waals surface area contributed by atoms with Gasteiger partial charge in [0.15, 0.2) is 0 Å². The van der Waals surface area contributed by atoms with Crippen molar-refractivity contribution in [3.63, 3.8) is 0 Å². The van der Waals surface area contributed by atoms with Crippen LogP contribution in [0.25, 0.3) is 0 Å². The fraction of sp³-hybridized carbons (Fsp3) is 0.350. The Hall–Kier alpha value is -2.22. The van der Waals surface area contributed by atoms with Crippen LogP contribution in [0.2, 0.25) is 0 Å². The van der Waals surface area contributed by atoms with E-state index < -0.39 is 0 Å². The van der Waals surface area contributed by atoms with Gasteiger partial charge in [-0.3, -0.25) is 0 Å². The summed E-state index contributed by atoms with van der Waals surface area (Å²) < 4.78 is 19.5. The Labute approximate surface area is 142 Å². The largest absolute Gasteiger partial charge is 0.361 e. The number of nitrogens with zero attached hydrogens (tertiary/aromatic N) is 1. The summed E-state index contributed by atoms with van der Waals surface area (Å²) in [6.45, 7) is 0.985. The highest BCUT2D eigenvalue weighted by Crippen LogP contribution is 2.45. The molecule has 1 N–H and O–H groups in total. The molecule has 2 atom stereocenters. The third kappa shape index (κ3) is 3.48. The summed E-state index contributed by atoms with van der Waals surface area (Å²) in [5.74, 6) is -0.250. The summed E-state index contributed by atoms with van der Waals surface area (Å²) in [5.41, 5.74) is 3.77. The number of hydrogen-bond donors (Lipinski definition) is 1. The fourth-order valence-electron chi connectivity index (χ4n) is 3.22. The van der Waals surface area contributed by atoms with Gasteiger partial charge >= 0.3 is 0 Å². The second-order valence-corrected chi connectivity index (χ2v) is 6.11. The van der Waals surface area contributed by atoms with E-state index in [0.29, 0.717) is 5.56 Å². The van der Waals surface area contributed by atoms with Crippen LogP contribution in [-0.2, 0) is 4.74 Å². The lowest BCUT2D eigenvalue weighted by atomic mass is 9.94. The third-order valence-electron chi connectivity index (χ3n) is 4.46. The van der Waals surface area contributed by atoms with Crippen LogP contribution in [-0.4, -0.2) is 13.6 Å². The molecule has 1 aliphatic rings. The fourth-order valence-corrected chi connectivity index (χ4v) is 3.22. The summed E-state index contributed by atoms with van der Waals surface area (Å²) in [6, 6.07) is 14.4. The first kappa shape index (κ1) is 16.6. The molecule has 0 aliphatic carbocycles. The zero-order valence-corrected chi connectivity index (χ0v) is 13.8. The van der Waals surface area contributed by atoms with E-state index in [1.54, 1.807) is 12.1 Å². The van der Waals surface area contributed by atoms with Crippen molar-refractivity contribution in [2.45, 2.75) is 31.5 Å². The standard InChI is InChI=1S/C20H21FN2O/c1-23-11-3-2-4-19-18-12-14(13-22)5-10-17(18)20(24-19)15-6-8-16(21)9-7-15/h5-10,12,19-20,23H,2-4,11H2,1H3. The predicted octanol–water partition coefficient (Wildman–Crippen LogP) is 4.25.